The monoisotopic (exact) mass is 496 g/mol. The zero-order chi connectivity index (χ0) is 15.1. The first-order chi connectivity index (χ1) is 9.40. The van der Waals surface area contributed by atoms with Gasteiger partial charge in [-0.2, -0.15) is 0 Å². The lowest BCUT2D eigenvalue weighted by molar-refractivity contribution is 1.07. The van der Waals surface area contributed by atoms with Crippen molar-refractivity contribution in [1.29, 1.82) is 0 Å². The van der Waals surface area contributed by atoms with Crippen LogP contribution in [0.5, 0.6) is 0 Å². The highest BCUT2D eigenvalue weighted by atomic mass is 127. The zero-order valence-electron chi connectivity index (χ0n) is 12.0. The molecule has 0 aliphatic rings. The summed E-state index contributed by atoms with van der Waals surface area (Å²) in [7, 11) is 8.01. The van der Waals surface area contributed by atoms with Gasteiger partial charge < -0.3 is 9.80 Å². The van der Waals surface area contributed by atoms with Crippen LogP contribution in [-0.2, 0) is 0 Å². The van der Waals surface area contributed by atoms with E-state index in [4.69, 9.17) is 0 Å². The second-order valence-electron chi connectivity index (χ2n) is 4.46. The zero-order valence-corrected chi connectivity index (χ0v) is 16.3. The van der Waals surface area contributed by atoms with Gasteiger partial charge >= 0.3 is 0 Å². The Labute approximate surface area is 147 Å². The van der Waals surface area contributed by atoms with Gasteiger partial charge in [0, 0.05) is 49.8 Å². The summed E-state index contributed by atoms with van der Waals surface area (Å²) in [6.07, 6.45) is 3.63. The largest absolute Gasteiger partial charge is 0.378 e. The number of halogens is 2. The minimum atomic E-state index is 1.01. The van der Waals surface area contributed by atoms with Crippen LogP contribution in [0.25, 0.3) is 0 Å². The van der Waals surface area contributed by atoms with Gasteiger partial charge in [-0.1, -0.05) is 0 Å². The van der Waals surface area contributed by atoms with E-state index in [9.17, 15) is 0 Å². The Kier molecular flexibility index (Phi) is 7.49. The molecule has 4 nitrogen and oxygen atoms in total. The van der Waals surface area contributed by atoms with E-state index < -0.39 is 0 Å². The van der Waals surface area contributed by atoms with Gasteiger partial charge in [-0.15, -0.1) is 0 Å². The predicted molar refractivity (Wildman–Crippen MR) is 103 cm³/mol. The standard InChI is InChI=1S/2C7H9IN2/c1-10(2)6-3-4-9-7(8)5-6;1-10(2)7-5-6(8)3-4-9-7/h2*3-5H,1-2H3. The molecule has 0 bridgehead atoms. The molecular formula is C14H18I2N4. The lowest BCUT2D eigenvalue weighted by atomic mass is 10.4. The minimum Gasteiger partial charge on any atom is -0.378 e. The second-order valence-corrected chi connectivity index (χ2v) is 6.81. The number of anilines is 2. The normalized spacial score (nSPS) is 9.50. The van der Waals surface area contributed by atoms with Gasteiger partial charge in [-0.25, -0.2) is 4.98 Å². The molecule has 0 N–H and O–H groups in total. The van der Waals surface area contributed by atoms with Gasteiger partial charge in [0.05, 0.1) is 0 Å². The van der Waals surface area contributed by atoms with Crippen LogP contribution in [0.3, 0.4) is 0 Å². The SMILES string of the molecule is CN(C)c1cc(I)ccn1.CN(C)c1ccnc(I)c1. The van der Waals surface area contributed by atoms with Gasteiger partial charge in [0.15, 0.2) is 0 Å². The van der Waals surface area contributed by atoms with Gasteiger partial charge in [0.2, 0.25) is 0 Å². The van der Waals surface area contributed by atoms with Crippen LogP contribution in [0.2, 0.25) is 0 Å². The number of hydrogen-bond acceptors (Lipinski definition) is 4. The highest BCUT2D eigenvalue weighted by molar-refractivity contribution is 14.1. The molecule has 0 aliphatic heterocycles. The van der Waals surface area contributed by atoms with Crippen molar-refractivity contribution in [2.45, 2.75) is 0 Å². The number of aromatic nitrogens is 2. The van der Waals surface area contributed by atoms with E-state index in [1.807, 2.05) is 69.7 Å². The van der Waals surface area contributed by atoms with Crippen LogP contribution in [0, 0.1) is 7.27 Å². The van der Waals surface area contributed by atoms with Crippen molar-refractivity contribution in [1.82, 2.24) is 9.97 Å². The lowest BCUT2D eigenvalue weighted by Crippen LogP contribution is -2.10. The molecule has 0 radical (unpaired) electrons. The van der Waals surface area contributed by atoms with Crippen molar-refractivity contribution in [2.75, 3.05) is 38.0 Å². The Morgan fingerprint density at radius 3 is 1.90 bits per heavy atom. The Hall–Kier alpha value is -0.640. The van der Waals surface area contributed by atoms with Gasteiger partial charge in [-0.05, 0) is 69.4 Å². The van der Waals surface area contributed by atoms with E-state index in [1.165, 1.54) is 9.26 Å². The van der Waals surface area contributed by atoms with Crippen LogP contribution in [-0.4, -0.2) is 38.2 Å². The molecule has 2 heterocycles. The highest BCUT2D eigenvalue weighted by Gasteiger charge is 1.95. The number of rotatable bonds is 2. The highest BCUT2D eigenvalue weighted by Crippen LogP contribution is 2.12. The Morgan fingerprint density at radius 1 is 0.850 bits per heavy atom. The molecule has 108 valence electrons. The van der Waals surface area contributed by atoms with Crippen molar-refractivity contribution < 1.29 is 0 Å². The first-order valence-electron chi connectivity index (χ1n) is 5.98. The Bertz CT molecular complexity index is 495. The van der Waals surface area contributed by atoms with Crippen molar-refractivity contribution in [2.24, 2.45) is 0 Å². The summed E-state index contributed by atoms with van der Waals surface area (Å²) in [6, 6.07) is 8.05. The maximum absolute atomic E-state index is 4.16. The maximum Gasteiger partial charge on any atom is 0.129 e. The fourth-order valence-electron chi connectivity index (χ4n) is 1.31. The molecule has 0 aliphatic carbocycles. The van der Waals surface area contributed by atoms with Crippen LogP contribution in [0.15, 0.2) is 36.7 Å². The minimum absolute atomic E-state index is 1.01. The summed E-state index contributed by atoms with van der Waals surface area (Å²) in [5, 5.41) is 0. The molecule has 2 aromatic heterocycles. The molecular weight excluding hydrogens is 478 g/mol. The average molecular weight is 496 g/mol. The molecule has 0 amide bonds. The van der Waals surface area contributed by atoms with E-state index in [0.717, 1.165) is 9.52 Å². The van der Waals surface area contributed by atoms with E-state index >= 15 is 0 Å². The van der Waals surface area contributed by atoms with Crippen LogP contribution >= 0.6 is 45.2 Å². The number of nitrogens with zero attached hydrogens (tertiary/aromatic N) is 4. The lowest BCUT2D eigenvalue weighted by Gasteiger charge is -2.11. The third-order valence-corrected chi connectivity index (χ3v) is 3.65. The molecule has 20 heavy (non-hydrogen) atoms. The van der Waals surface area contributed by atoms with Crippen molar-refractivity contribution in [3.8, 4) is 0 Å². The van der Waals surface area contributed by atoms with E-state index in [1.54, 1.807) is 0 Å². The summed E-state index contributed by atoms with van der Waals surface area (Å²) in [4.78, 5) is 12.3. The second kappa shape index (κ2) is 8.60. The van der Waals surface area contributed by atoms with Gasteiger partial charge in [0.25, 0.3) is 0 Å². The fourth-order valence-corrected chi connectivity index (χ4v) is 2.23. The molecule has 2 rings (SSSR count). The summed E-state index contributed by atoms with van der Waals surface area (Å²) in [6.45, 7) is 0. The average Bonchev–Trinajstić information content (AvgIpc) is 2.39. The Balaban J connectivity index is 0.000000200. The number of pyridine rings is 2. The Morgan fingerprint density at radius 2 is 1.50 bits per heavy atom. The fraction of sp³-hybridized carbons (Fsp3) is 0.286. The summed E-state index contributed by atoms with van der Waals surface area (Å²) in [5.41, 5.74) is 1.19. The van der Waals surface area contributed by atoms with Crippen LogP contribution in [0.1, 0.15) is 0 Å². The van der Waals surface area contributed by atoms with Gasteiger partial charge in [0.1, 0.15) is 9.52 Å². The molecule has 0 spiro atoms. The molecule has 0 aromatic carbocycles. The van der Waals surface area contributed by atoms with Crippen LogP contribution < -0.4 is 9.80 Å². The molecule has 6 heteroatoms. The molecule has 0 saturated carbocycles. The first-order valence-corrected chi connectivity index (χ1v) is 8.13. The molecule has 0 fully saturated rings. The van der Waals surface area contributed by atoms with Crippen molar-refractivity contribution in [3.05, 3.63) is 43.9 Å². The third-order valence-electron chi connectivity index (χ3n) is 2.39. The van der Waals surface area contributed by atoms with E-state index in [-0.39, 0.29) is 0 Å². The van der Waals surface area contributed by atoms with Gasteiger partial charge in [-0.3, -0.25) is 4.98 Å². The first kappa shape index (κ1) is 17.4. The number of hydrogen-bond donors (Lipinski definition) is 0. The van der Waals surface area contributed by atoms with Crippen molar-refractivity contribution >= 4 is 56.7 Å². The quantitative estimate of drug-likeness (QED) is 0.471. The molecule has 0 atom stereocenters. The summed E-state index contributed by atoms with van der Waals surface area (Å²) < 4.78 is 2.25. The topological polar surface area (TPSA) is 32.3 Å². The molecule has 2 aromatic rings. The van der Waals surface area contributed by atoms with Crippen molar-refractivity contribution in [3.63, 3.8) is 0 Å². The molecule has 0 unspecified atom stereocenters. The van der Waals surface area contributed by atoms with Crippen LogP contribution in [0.4, 0.5) is 11.5 Å². The molecule has 0 saturated heterocycles. The predicted octanol–water partition coefficient (Wildman–Crippen LogP) is 3.50. The van der Waals surface area contributed by atoms with E-state index in [2.05, 4.69) is 60.0 Å². The summed E-state index contributed by atoms with van der Waals surface area (Å²) >= 11 is 4.47. The smallest absolute Gasteiger partial charge is 0.129 e. The summed E-state index contributed by atoms with van der Waals surface area (Å²) in [5.74, 6) is 1.01. The van der Waals surface area contributed by atoms with E-state index in [0.29, 0.717) is 0 Å². The third kappa shape index (κ3) is 6.21. The maximum atomic E-state index is 4.16.